The molecule has 1 saturated heterocycles. The van der Waals surface area contributed by atoms with E-state index in [9.17, 15) is 4.79 Å². The molecular formula is C17H20BrClN4O. The summed E-state index contributed by atoms with van der Waals surface area (Å²) >= 11 is 3.53. The lowest BCUT2D eigenvalue weighted by atomic mass is 10.0. The topological polar surface area (TPSA) is 61.0 Å². The summed E-state index contributed by atoms with van der Waals surface area (Å²) in [6.07, 6.45) is 2.95. The number of nitrogens with one attached hydrogen (secondary N) is 2. The third-order valence-electron chi connectivity index (χ3n) is 4.76. The van der Waals surface area contributed by atoms with Gasteiger partial charge in [-0.05, 0) is 30.5 Å². The lowest BCUT2D eigenvalue weighted by Gasteiger charge is -2.25. The van der Waals surface area contributed by atoms with Gasteiger partial charge in [0, 0.05) is 41.8 Å². The Morgan fingerprint density at radius 1 is 1.38 bits per heavy atom. The molecule has 128 valence electrons. The van der Waals surface area contributed by atoms with Gasteiger partial charge in [-0.2, -0.15) is 5.10 Å². The number of fused-ring (bicyclic) bond motifs is 1. The third kappa shape index (κ3) is 3.10. The molecule has 2 aliphatic heterocycles. The van der Waals surface area contributed by atoms with Crippen molar-refractivity contribution in [3.8, 4) is 0 Å². The number of aromatic nitrogens is 2. The summed E-state index contributed by atoms with van der Waals surface area (Å²) in [5.41, 5.74) is 3.92. The number of carbonyl (C=O) groups excluding carboxylic acids is 1. The van der Waals surface area contributed by atoms with Crippen LogP contribution in [0.5, 0.6) is 0 Å². The average molecular weight is 412 g/mol. The Kier molecular flexibility index (Phi) is 5.27. The molecule has 2 N–H and O–H groups in total. The Hall–Kier alpha value is -1.37. The van der Waals surface area contributed by atoms with Gasteiger partial charge in [0.1, 0.15) is 0 Å². The number of aromatic amines is 1. The summed E-state index contributed by atoms with van der Waals surface area (Å²) in [6.45, 7) is 2.46. The minimum Gasteiger partial charge on any atom is -0.330 e. The van der Waals surface area contributed by atoms with Gasteiger partial charge in [0.15, 0.2) is 5.69 Å². The van der Waals surface area contributed by atoms with Crippen molar-refractivity contribution >= 4 is 34.2 Å². The van der Waals surface area contributed by atoms with Gasteiger partial charge in [0.2, 0.25) is 0 Å². The van der Waals surface area contributed by atoms with Gasteiger partial charge in [-0.25, -0.2) is 0 Å². The number of halogens is 2. The fourth-order valence-electron chi connectivity index (χ4n) is 3.61. The molecule has 2 aromatic rings. The molecule has 4 rings (SSSR count). The first-order valence-electron chi connectivity index (χ1n) is 8.07. The van der Waals surface area contributed by atoms with Crippen molar-refractivity contribution in [1.82, 2.24) is 20.4 Å². The van der Waals surface area contributed by atoms with Crippen LogP contribution in [0, 0.1) is 0 Å². The van der Waals surface area contributed by atoms with Crippen molar-refractivity contribution in [1.29, 1.82) is 0 Å². The molecule has 0 aliphatic carbocycles. The molecule has 3 heterocycles. The van der Waals surface area contributed by atoms with E-state index in [1.165, 1.54) is 5.56 Å². The first kappa shape index (κ1) is 17.5. The van der Waals surface area contributed by atoms with Crippen LogP contribution in [0.15, 0.2) is 28.7 Å². The highest BCUT2D eigenvalue weighted by atomic mass is 79.9. The van der Waals surface area contributed by atoms with E-state index in [0.717, 1.165) is 54.6 Å². The Bertz CT molecular complexity index is 748. The van der Waals surface area contributed by atoms with E-state index in [1.807, 2.05) is 17.0 Å². The number of hydrogen-bond acceptors (Lipinski definition) is 3. The van der Waals surface area contributed by atoms with Crippen LogP contribution in [0.3, 0.4) is 0 Å². The summed E-state index contributed by atoms with van der Waals surface area (Å²) in [4.78, 5) is 15.0. The molecule has 1 fully saturated rings. The highest BCUT2D eigenvalue weighted by Gasteiger charge is 2.33. The maximum Gasteiger partial charge on any atom is 0.275 e. The minimum absolute atomic E-state index is 0. The van der Waals surface area contributed by atoms with Crippen molar-refractivity contribution in [3.05, 3.63) is 51.3 Å². The standard InChI is InChI=1S/C17H19BrN4O.ClH/c18-12-4-1-3-11(9-12)15-5-2-8-22(15)17(23)16-13-10-19-7-6-14(13)20-21-16;/h1,3-4,9,15,19H,2,5-8,10H2,(H,20,21);1H. The number of rotatable bonds is 2. The molecule has 2 aliphatic rings. The van der Waals surface area contributed by atoms with Gasteiger partial charge >= 0.3 is 0 Å². The number of likely N-dealkylation sites (tertiary alicyclic amines) is 1. The second-order valence-electron chi connectivity index (χ2n) is 6.17. The van der Waals surface area contributed by atoms with Gasteiger partial charge in [0.25, 0.3) is 5.91 Å². The Morgan fingerprint density at radius 3 is 3.08 bits per heavy atom. The summed E-state index contributed by atoms with van der Waals surface area (Å²) in [6, 6.07) is 8.39. The van der Waals surface area contributed by atoms with E-state index in [-0.39, 0.29) is 24.4 Å². The van der Waals surface area contributed by atoms with E-state index in [2.05, 4.69) is 43.6 Å². The molecule has 1 unspecified atom stereocenters. The Labute approximate surface area is 155 Å². The maximum atomic E-state index is 13.1. The van der Waals surface area contributed by atoms with Crippen molar-refractivity contribution < 1.29 is 4.79 Å². The molecule has 1 atom stereocenters. The van der Waals surface area contributed by atoms with Gasteiger partial charge in [0.05, 0.1) is 6.04 Å². The summed E-state index contributed by atoms with van der Waals surface area (Å²) in [7, 11) is 0. The third-order valence-corrected chi connectivity index (χ3v) is 5.25. The molecule has 0 radical (unpaired) electrons. The Balaban J connectivity index is 0.00000169. The van der Waals surface area contributed by atoms with E-state index in [1.54, 1.807) is 0 Å². The molecule has 1 aromatic carbocycles. The normalized spacial score (nSPS) is 19.7. The first-order valence-corrected chi connectivity index (χ1v) is 8.86. The lowest BCUT2D eigenvalue weighted by molar-refractivity contribution is 0.0728. The van der Waals surface area contributed by atoms with E-state index >= 15 is 0 Å². The number of amides is 1. The van der Waals surface area contributed by atoms with Crippen LogP contribution >= 0.6 is 28.3 Å². The molecule has 5 nitrogen and oxygen atoms in total. The molecule has 24 heavy (non-hydrogen) atoms. The largest absolute Gasteiger partial charge is 0.330 e. The van der Waals surface area contributed by atoms with Crippen molar-refractivity contribution in [2.75, 3.05) is 13.1 Å². The molecule has 1 aromatic heterocycles. The molecular weight excluding hydrogens is 392 g/mol. The summed E-state index contributed by atoms with van der Waals surface area (Å²) in [5.74, 6) is 0.0497. The molecule has 7 heteroatoms. The van der Waals surface area contributed by atoms with Gasteiger partial charge in [-0.3, -0.25) is 9.89 Å². The van der Waals surface area contributed by atoms with E-state index < -0.39 is 0 Å². The Morgan fingerprint density at radius 2 is 2.25 bits per heavy atom. The van der Waals surface area contributed by atoms with E-state index in [4.69, 9.17) is 0 Å². The van der Waals surface area contributed by atoms with Crippen LogP contribution in [0.1, 0.15) is 46.2 Å². The molecule has 0 bridgehead atoms. The van der Waals surface area contributed by atoms with E-state index in [0.29, 0.717) is 5.69 Å². The zero-order valence-electron chi connectivity index (χ0n) is 13.2. The molecule has 0 spiro atoms. The fourth-order valence-corrected chi connectivity index (χ4v) is 4.03. The zero-order valence-corrected chi connectivity index (χ0v) is 15.6. The number of carbonyl (C=O) groups is 1. The van der Waals surface area contributed by atoms with Gasteiger partial charge in [-0.15, -0.1) is 12.4 Å². The predicted octanol–water partition coefficient (Wildman–Crippen LogP) is 3.22. The second-order valence-corrected chi connectivity index (χ2v) is 7.08. The highest BCUT2D eigenvalue weighted by Crippen LogP contribution is 2.34. The summed E-state index contributed by atoms with van der Waals surface area (Å²) in [5, 5.41) is 10.7. The van der Waals surface area contributed by atoms with Crippen LogP contribution in [0.2, 0.25) is 0 Å². The van der Waals surface area contributed by atoms with Crippen LogP contribution in [-0.2, 0) is 13.0 Å². The fraction of sp³-hybridized carbons (Fsp3) is 0.412. The second kappa shape index (κ2) is 7.25. The highest BCUT2D eigenvalue weighted by molar-refractivity contribution is 9.10. The predicted molar refractivity (Wildman–Crippen MR) is 98.4 cm³/mol. The quantitative estimate of drug-likeness (QED) is 0.798. The van der Waals surface area contributed by atoms with Gasteiger partial charge in [-0.1, -0.05) is 28.1 Å². The zero-order chi connectivity index (χ0) is 15.8. The van der Waals surface area contributed by atoms with Crippen molar-refractivity contribution in [3.63, 3.8) is 0 Å². The van der Waals surface area contributed by atoms with Crippen molar-refractivity contribution in [2.24, 2.45) is 0 Å². The number of hydrogen-bond donors (Lipinski definition) is 2. The van der Waals surface area contributed by atoms with Crippen LogP contribution < -0.4 is 5.32 Å². The number of nitrogens with zero attached hydrogens (tertiary/aromatic N) is 2. The SMILES string of the molecule is Cl.O=C(c1n[nH]c2c1CNCC2)N1CCCC1c1cccc(Br)c1. The minimum atomic E-state index is 0. The van der Waals surface area contributed by atoms with Crippen LogP contribution in [0.4, 0.5) is 0 Å². The van der Waals surface area contributed by atoms with Gasteiger partial charge < -0.3 is 10.2 Å². The number of benzene rings is 1. The monoisotopic (exact) mass is 410 g/mol. The maximum absolute atomic E-state index is 13.1. The average Bonchev–Trinajstić information content (AvgIpc) is 3.21. The van der Waals surface area contributed by atoms with Crippen molar-refractivity contribution in [2.45, 2.75) is 31.8 Å². The van der Waals surface area contributed by atoms with Crippen LogP contribution in [0.25, 0.3) is 0 Å². The molecule has 1 amide bonds. The first-order chi connectivity index (χ1) is 11.2. The number of H-pyrrole nitrogens is 1. The smallest absolute Gasteiger partial charge is 0.275 e. The van der Waals surface area contributed by atoms with Crippen LogP contribution in [-0.4, -0.2) is 34.1 Å². The molecule has 0 saturated carbocycles. The summed E-state index contributed by atoms with van der Waals surface area (Å²) < 4.78 is 1.05. The lowest BCUT2D eigenvalue weighted by Crippen LogP contribution is -2.32.